The first-order chi connectivity index (χ1) is 8.19. The highest BCUT2D eigenvalue weighted by molar-refractivity contribution is 6.42. The van der Waals surface area contributed by atoms with Crippen LogP contribution in [0.4, 0.5) is 0 Å². The molecule has 1 aromatic rings. The van der Waals surface area contributed by atoms with Gasteiger partial charge in [-0.25, -0.2) is 0 Å². The van der Waals surface area contributed by atoms with Gasteiger partial charge in [0.25, 0.3) is 0 Å². The molecule has 0 radical (unpaired) electrons. The SMILES string of the molecule is N#CC(NCCN=[N+]=[N-])c1ccc(Cl)c(Cl)c1. The summed E-state index contributed by atoms with van der Waals surface area (Å²) in [6.07, 6.45) is 0. The number of nitrogens with zero attached hydrogens (tertiary/aromatic N) is 4. The number of azide groups is 1. The van der Waals surface area contributed by atoms with Gasteiger partial charge in [-0.2, -0.15) is 5.26 Å². The van der Waals surface area contributed by atoms with Crippen LogP contribution in [0.5, 0.6) is 0 Å². The van der Waals surface area contributed by atoms with E-state index in [4.69, 9.17) is 34.0 Å². The van der Waals surface area contributed by atoms with Crippen LogP contribution < -0.4 is 5.32 Å². The summed E-state index contributed by atoms with van der Waals surface area (Å²) in [5, 5.41) is 16.2. The maximum Gasteiger partial charge on any atom is 0.121 e. The minimum atomic E-state index is -0.501. The van der Waals surface area contributed by atoms with Crippen molar-refractivity contribution in [1.29, 1.82) is 5.26 Å². The van der Waals surface area contributed by atoms with Gasteiger partial charge in [0.2, 0.25) is 0 Å². The summed E-state index contributed by atoms with van der Waals surface area (Å²) >= 11 is 11.6. The molecule has 0 spiro atoms. The average Bonchev–Trinajstić information content (AvgIpc) is 2.33. The van der Waals surface area contributed by atoms with Gasteiger partial charge < -0.3 is 0 Å². The molecule has 5 nitrogen and oxygen atoms in total. The van der Waals surface area contributed by atoms with E-state index >= 15 is 0 Å². The van der Waals surface area contributed by atoms with Crippen molar-refractivity contribution in [3.05, 3.63) is 44.3 Å². The van der Waals surface area contributed by atoms with Crippen LogP contribution in [0, 0.1) is 11.3 Å². The fourth-order valence-electron chi connectivity index (χ4n) is 1.23. The molecule has 88 valence electrons. The van der Waals surface area contributed by atoms with Crippen LogP contribution in [0.25, 0.3) is 10.4 Å². The maximum absolute atomic E-state index is 9.00. The molecule has 0 amide bonds. The lowest BCUT2D eigenvalue weighted by atomic mass is 10.1. The van der Waals surface area contributed by atoms with E-state index in [1.165, 1.54) is 0 Å². The first kappa shape index (κ1) is 13.6. The van der Waals surface area contributed by atoms with E-state index in [1.54, 1.807) is 18.2 Å². The number of benzene rings is 1. The maximum atomic E-state index is 9.00. The third kappa shape index (κ3) is 4.14. The van der Waals surface area contributed by atoms with Crippen molar-refractivity contribution >= 4 is 23.2 Å². The highest BCUT2D eigenvalue weighted by Gasteiger charge is 2.10. The lowest BCUT2D eigenvalue weighted by Gasteiger charge is -2.11. The van der Waals surface area contributed by atoms with E-state index in [9.17, 15) is 0 Å². The zero-order chi connectivity index (χ0) is 12.7. The van der Waals surface area contributed by atoms with Crippen LogP contribution in [0.2, 0.25) is 10.0 Å². The van der Waals surface area contributed by atoms with Gasteiger partial charge in [-0.15, -0.1) is 0 Å². The van der Waals surface area contributed by atoms with Crippen molar-refractivity contribution < 1.29 is 0 Å². The molecule has 0 heterocycles. The molecule has 0 fully saturated rings. The average molecular weight is 270 g/mol. The largest absolute Gasteiger partial charge is 0.298 e. The van der Waals surface area contributed by atoms with Gasteiger partial charge in [-0.05, 0) is 23.2 Å². The number of hydrogen-bond acceptors (Lipinski definition) is 3. The van der Waals surface area contributed by atoms with Crippen LogP contribution in [0.15, 0.2) is 23.3 Å². The van der Waals surface area contributed by atoms with Crippen LogP contribution in [0.3, 0.4) is 0 Å². The Kier molecular flexibility index (Phi) is 5.61. The van der Waals surface area contributed by atoms with Crippen molar-refractivity contribution in [2.75, 3.05) is 13.1 Å². The molecular weight excluding hydrogens is 261 g/mol. The van der Waals surface area contributed by atoms with E-state index in [0.29, 0.717) is 16.6 Å². The van der Waals surface area contributed by atoms with Crippen LogP contribution in [-0.4, -0.2) is 13.1 Å². The predicted octanol–water partition coefficient (Wildman–Crippen LogP) is 3.46. The van der Waals surface area contributed by atoms with Gasteiger partial charge in [0.1, 0.15) is 6.04 Å². The van der Waals surface area contributed by atoms with Crippen LogP contribution >= 0.6 is 23.2 Å². The van der Waals surface area contributed by atoms with E-state index in [1.807, 2.05) is 0 Å². The Hall–Kier alpha value is -1.44. The molecule has 0 aliphatic carbocycles. The van der Waals surface area contributed by atoms with Gasteiger partial charge in [-0.1, -0.05) is 34.4 Å². The number of rotatable bonds is 5. The second-order valence-electron chi connectivity index (χ2n) is 3.14. The van der Waals surface area contributed by atoms with E-state index in [0.717, 1.165) is 5.56 Å². The Balaban J connectivity index is 2.70. The van der Waals surface area contributed by atoms with Gasteiger partial charge in [0, 0.05) is 18.0 Å². The number of nitrogens with one attached hydrogen (secondary N) is 1. The summed E-state index contributed by atoms with van der Waals surface area (Å²) < 4.78 is 0. The summed E-state index contributed by atoms with van der Waals surface area (Å²) in [4.78, 5) is 2.62. The van der Waals surface area contributed by atoms with E-state index < -0.39 is 6.04 Å². The molecule has 1 rings (SSSR count). The lowest BCUT2D eigenvalue weighted by molar-refractivity contribution is 0.635. The quantitative estimate of drug-likeness (QED) is 0.384. The topological polar surface area (TPSA) is 84.6 Å². The zero-order valence-electron chi connectivity index (χ0n) is 8.77. The minimum absolute atomic E-state index is 0.288. The molecule has 0 aliphatic heterocycles. The molecule has 1 unspecified atom stereocenters. The minimum Gasteiger partial charge on any atom is -0.298 e. The standard InChI is InChI=1S/C10H9Cl2N5/c11-8-2-1-7(5-9(8)12)10(6-13)15-3-4-16-17-14/h1-2,5,10,15H,3-4H2. The molecule has 1 N–H and O–H groups in total. The summed E-state index contributed by atoms with van der Waals surface area (Å²) in [5.41, 5.74) is 8.83. The van der Waals surface area contributed by atoms with Crippen molar-refractivity contribution in [2.24, 2.45) is 5.11 Å². The Morgan fingerprint density at radius 2 is 2.24 bits per heavy atom. The molecular formula is C10H9Cl2N5. The molecule has 1 atom stereocenters. The van der Waals surface area contributed by atoms with E-state index in [2.05, 4.69) is 21.4 Å². The second kappa shape index (κ2) is 7.00. The first-order valence-corrected chi connectivity index (χ1v) is 5.53. The Morgan fingerprint density at radius 1 is 1.47 bits per heavy atom. The molecule has 17 heavy (non-hydrogen) atoms. The Morgan fingerprint density at radius 3 is 2.82 bits per heavy atom. The summed E-state index contributed by atoms with van der Waals surface area (Å²) in [5.74, 6) is 0. The summed E-state index contributed by atoms with van der Waals surface area (Å²) in [7, 11) is 0. The predicted molar refractivity (Wildman–Crippen MR) is 66.8 cm³/mol. The fraction of sp³-hybridized carbons (Fsp3) is 0.300. The monoisotopic (exact) mass is 269 g/mol. The van der Waals surface area contributed by atoms with Crippen LogP contribution in [0.1, 0.15) is 11.6 Å². The van der Waals surface area contributed by atoms with Crippen molar-refractivity contribution in [2.45, 2.75) is 6.04 Å². The highest BCUT2D eigenvalue weighted by Crippen LogP contribution is 2.25. The van der Waals surface area contributed by atoms with Gasteiger partial charge in [0.15, 0.2) is 0 Å². The molecule has 0 aromatic heterocycles. The normalized spacial score (nSPS) is 11.4. The second-order valence-corrected chi connectivity index (χ2v) is 3.96. The van der Waals surface area contributed by atoms with Gasteiger partial charge >= 0.3 is 0 Å². The third-order valence-electron chi connectivity index (χ3n) is 2.03. The van der Waals surface area contributed by atoms with Crippen molar-refractivity contribution in [3.8, 4) is 6.07 Å². The summed E-state index contributed by atoms with van der Waals surface area (Å²) in [6.45, 7) is 0.707. The zero-order valence-corrected chi connectivity index (χ0v) is 10.3. The fourth-order valence-corrected chi connectivity index (χ4v) is 1.54. The Labute approximate surface area is 109 Å². The molecule has 0 aliphatic rings. The van der Waals surface area contributed by atoms with Crippen molar-refractivity contribution in [3.63, 3.8) is 0 Å². The third-order valence-corrected chi connectivity index (χ3v) is 2.77. The summed E-state index contributed by atoms with van der Waals surface area (Å²) in [6, 6.07) is 6.59. The number of nitriles is 1. The molecule has 1 aromatic carbocycles. The Bertz CT molecular complexity index is 476. The van der Waals surface area contributed by atoms with Crippen LogP contribution in [-0.2, 0) is 0 Å². The molecule has 7 heteroatoms. The van der Waals surface area contributed by atoms with Crippen molar-refractivity contribution in [1.82, 2.24) is 5.32 Å². The van der Waals surface area contributed by atoms with Gasteiger partial charge in [-0.3, -0.25) is 5.32 Å². The highest BCUT2D eigenvalue weighted by atomic mass is 35.5. The number of halogens is 2. The van der Waals surface area contributed by atoms with Gasteiger partial charge in [0.05, 0.1) is 16.1 Å². The number of hydrogen-bond donors (Lipinski definition) is 1. The molecule has 0 saturated heterocycles. The molecule has 0 saturated carbocycles. The smallest absolute Gasteiger partial charge is 0.121 e. The van der Waals surface area contributed by atoms with E-state index in [-0.39, 0.29) is 6.54 Å². The lowest BCUT2D eigenvalue weighted by Crippen LogP contribution is -2.22. The first-order valence-electron chi connectivity index (χ1n) is 4.78. The molecule has 0 bridgehead atoms.